The van der Waals surface area contributed by atoms with Crippen molar-refractivity contribution >= 4 is 28.5 Å². The number of benzene rings is 2. The number of aliphatic carboxylic acids is 1. The predicted octanol–water partition coefficient (Wildman–Crippen LogP) is 5.49. The van der Waals surface area contributed by atoms with Crippen molar-refractivity contribution in [2.75, 3.05) is 0 Å². The lowest BCUT2D eigenvalue weighted by molar-refractivity contribution is -0.136. The molecule has 0 bridgehead atoms. The van der Waals surface area contributed by atoms with E-state index in [0.29, 0.717) is 38.4 Å². The van der Waals surface area contributed by atoms with Crippen LogP contribution in [0, 0.1) is 5.82 Å². The van der Waals surface area contributed by atoms with Gasteiger partial charge in [-0.3, -0.25) is 4.79 Å². The minimum absolute atomic E-state index is 0.0140. The number of aromatic nitrogens is 3. The van der Waals surface area contributed by atoms with E-state index in [0.717, 1.165) is 0 Å². The van der Waals surface area contributed by atoms with Gasteiger partial charge >= 0.3 is 5.97 Å². The molecule has 7 nitrogen and oxygen atoms in total. The van der Waals surface area contributed by atoms with Crippen LogP contribution in [-0.2, 0) is 18.3 Å². The number of rotatable bonds is 7. The Morgan fingerprint density at radius 2 is 2.09 bits per heavy atom. The summed E-state index contributed by atoms with van der Waals surface area (Å²) in [6.07, 6.45) is 1.84. The molecule has 4 rings (SSSR count). The average molecular weight is 458 g/mol. The number of aryl methyl sites for hydroxylation is 2. The molecule has 2 aromatic carbocycles. The molecule has 2 aromatic heterocycles. The van der Waals surface area contributed by atoms with Gasteiger partial charge in [0, 0.05) is 36.2 Å². The normalized spacial score (nSPS) is 11.4. The van der Waals surface area contributed by atoms with Gasteiger partial charge in [0.15, 0.2) is 0 Å². The van der Waals surface area contributed by atoms with Gasteiger partial charge in [-0.15, -0.1) is 0 Å². The zero-order valence-corrected chi connectivity index (χ0v) is 18.5. The maximum Gasteiger partial charge on any atom is 0.303 e. The second kappa shape index (κ2) is 8.63. The van der Waals surface area contributed by atoms with Crippen LogP contribution in [-0.4, -0.2) is 31.9 Å². The van der Waals surface area contributed by atoms with Gasteiger partial charge in [-0.1, -0.05) is 16.8 Å². The third kappa shape index (κ3) is 4.18. The number of carbonyl (C=O) groups is 1. The Morgan fingerprint density at radius 1 is 1.31 bits per heavy atom. The van der Waals surface area contributed by atoms with Crippen LogP contribution in [0.1, 0.15) is 25.8 Å². The van der Waals surface area contributed by atoms with E-state index in [-0.39, 0.29) is 30.7 Å². The van der Waals surface area contributed by atoms with Crippen LogP contribution in [0.15, 0.2) is 41.1 Å². The highest BCUT2D eigenvalue weighted by Crippen LogP contribution is 2.35. The molecule has 0 atom stereocenters. The second-order valence-corrected chi connectivity index (χ2v) is 8.12. The Kier molecular flexibility index (Phi) is 5.88. The summed E-state index contributed by atoms with van der Waals surface area (Å²) >= 11 is 6.32. The van der Waals surface area contributed by atoms with E-state index in [2.05, 4.69) is 10.1 Å². The van der Waals surface area contributed by atoms with E-state index in [1.165, 1.54) is 6.07 Å². The summed E-state index contributed by atoms with van der Waals surface area (Å²) in [7, 11) is 1.77. The largest absolute Gasteiger partial charge is 0.489 e. The molecule has 0 aliphatic rings. The Balaban J connectivity index is 1.73. The highest BCUT2D eigenvalue weighted by Gasteiger charge is 2.20. The van der Waals surface area contributed by atoms with E-state index in [4.69, 9.17) is 26.0 Å². The molecule has 0 saturated carbocycles. The highest BCUT2D eigenvalue weighted by molar-refractivity contribution is 6.32. The number of hydrogen-bond acceptors (Lipinski definition) is 5. The zero-order valence-electron chi connectivity index (χ0n) is 17.7. The fraction of sp³-hybridized carbons (Fsp3) is 0.261. The molecule has 2 heterocycles. The van der Waals surface area contributed by atoms with Crippen molar-refractivity contribution in [1.29, 1.82) is 0 Å². The van der Waals surface area contributed by atoms with Crippen LogP contribution in [0.3, 0.4) is 0 Å². The first kappa shape index (κ1) is 21.8. The van der Waals surface area contributed by atoms with Gasteiger partial charge in [0.2, 0.25) is 5.82 Å². The summed E-state index contributed by atoms with van der Waals surface area (Å²) < 4.78 is 27.5. The number of nitrogens with zero attached hydrogens (tertiary/aromatic N) is 3. The summed E-state index contributed by atoms with van der Waals surface area (Å²) in [5.74, 6) is -0.265. The van der Waals surface area contributed by atoms with Crippen molar-refractivity contribution < 1.29 is 23.6 Å². The molecule has 0 aliphatic carbocycles. The van der Waals surface area contributed by atoms with Gasteiger partial charge in [-0.2, -0.15) is 4.98 Å². The van der Waals surface area contributed by atoms with E-state index < -0.39 is 11.8 Å². The number of carboxylic acids is 1. The SMILES string of the molecule is CC(C)Oc1ccc(-c2nc(-c3ccc(F)c4c(CCC(=O)O)cn(C)c34)no2)cc1Cl. The summed E-state index contributed by atoms with van der Waals surface area (Å²) in [5.41, 5.74) is 2.38. The molecule has 166 valence electrons. The summed E-state index contributed by atoms with van der Waals surface area (Å²) in [5, 5.41) is 13.9. The van der Waals surface area contributed by atoms with Crippen LogP contribution in [0.5, 0.6) is 5.75 Å². The van der Waals surface area contributed by atoms with Crippen LogP contribution in [0.4, 0.5) is 4.39 Å². The third-order valence-electron chi connectivity index (χ3n) is 4.97. The lowest BCUT2D eigenvalue weighted by Crippen LogP contribution is -2.05. The summed E-state index contributed by atoms with van der Waals surface area (Å²) in [4.78, 5) is 15.5. The number of fused-ring (bicyclic) bond motifs is 1. The van der Waals surface area contributed by atoms with Crippen LogP contribution >= 0.6 is 11.6 Å². The molecule has 4 aromatic rings. The highest BCUT2D eigenvalue weighted by atomic mass is 35.5. The van der Waals surface area contributed by atoms with Gasteiger partial charge in [0.25, 0.3) is 5.89 Å². The van der Waals surface area contributed by atoms with Crippen LogP contribution in [0.2, 0.25) is 5.02 Å². The van der Waals surface area contributed by atoms with Crippen molar-refractivity contribution in [2.24, 2.45) is 7.05 Å². The average Bonchev–Trinajstić information content (AvgIpc) is 3.34. The molecule has 1 N–H and O–H groups in total. The monoisotopic (exact) mass is 457 g/mol. The molecular weight excluding hydrogens is 437 g/mol. The molecule has 0 amide bonds. The Hall–Kier alpha value is -3.39. The summed E-state index contributed by atoms with van der Waals surface area (Å²) in [6, 6.07) is 8.10. The quantitative estimate of drug-likeness (QED) is 0.394. The van der Waals surface area contributed by atoms with Crippen LogP contribution < -0.4 is 4.74 Å². The van der Waals surface area contributed by atoms with Gasteiger partial charge in [0.1, 0.15) is 11.6 Å². The Bertz CT molecular complexity index is 1310. The maximum absolute atomic E-state index is 14.7. The Morgan fingerprint density at radius 3 is 2.78 bits per heavy atom. The lowest BCUT2D eigenvalue weighted by atomic mass is 10.0. The van der Waals surface area contributed by atoms with Crippen LogP contribution in [0.25, 0.3) is 33.7 Å². The Labute approximate surface area is 188 Å². The minimum Gasteiger partial charge on any atom is -0.489 e. The lowest BCUT2D eigenvalue weighted by Gasteiger charge is -2.11. The van der Waals surface area contributed by atoms with E-state index in [1.807, 2.05) is 13.8 Å². The predicted molar refractivity (Wildman–Crippen MR) is 118 cm³/mol. The fourth-order valence-corrected chi connectivity index (χ4v) is 3.87. The summed E-state index contributed by atoms with van der Waals surface area (Å²) in [6.45, 7) is 3.82. The smallest absolute Gasteiger partial charge is 0.303 e. The molecule has 0 aliphatic heterocycles. The first-order chi connectivity index (χ1) is 15.2. The molecule has 0 saturated heterocycles. The second-order valence-electron chi connectivity index (χ2n) is 7.71. The van der Waals surface area contributed by atoms with E-state index in [9.17, 15) is 9.18 Å². The van der Waals surface area contributed by atoms with Gasteiger partial charge in [-0.25, -0.2) is 4.39 Å². The van der Waals surface area contributed by atoms with Gasteiger partial charge in [-0.05, 0) is 56.2 Å². The molecule has 9 heteroatoms. The zero-order chi connectivity index (χ0) is 23.0. The fourth-order valence-electron chi connectivity index (χ4n) is 3.65. The van der Waals surface area contributed by atoms with Gasteiger partial charge < -0.3 is 18.9 Å². The number of hydrogen-bond donors (Lipinski definition) is 1. The molecule has 0 spiro atoms. The van der Waals surface area contributed by atoms with Gasteiger partial charge in [0.05, 0.1) is 16.6 Å². The number of carboxylic acid groups (broad SMARTS) is 1. The van der Waals surface area contributed by atoms with Crippen molar-refractivity contribution in [1.82, 2.24) is 14.7 Å². The molecule has 0 fully saturated rings. The standard InChI is InChI=1S/C23H21ClFN3O4/c1-12(2)31-18-8-4-13(10-16(18)24)23-26-22(27-32-23)15-6-7-17(25)20-14(5-9-19(29)30)11-28(3)21(15)20/h4,6-8,10-12H,5,9H2,1-3H3,(H,29,30). The number of halogens is 2. The molecular formula is C23H21ClFN3O4. The van der Waals surface area contributed by atoms with E-state index >= 15 is 0 Å². The molecule has 0 unspecified atom stereocenters. The molecule has 32 heavy (non-hydrogen) atoms. The first-order valence-electron chi connectivity index (χ1n) is 10.0. The third-order valence-corrected chi connectivity index (χ3v) is 5.26. The maximum atomic E-state index is 14.7. The topological polar surface area (TPSA) is 90.4 Å². The van der Waals surface area contributed by atoms with Crippen molar-refractivity contribution in [3.63, 3.8) is 0 Å². The van der Waals surface area contributed by atoms with Crippen molar-refractivity contribution in [3.8, 4) is 28.6 Å². The molecule has 0 radical (unpaired) electrons. The first-order valence-corrected chi connectivity index (χ1v) is 10.4. The number of ether oxygens (including phenoxy) is 1. The van der Waals surface area contributed by atoms with Crippen molar-refractivity contribution in [3.05, 3.63) is 52.9 Å². The van der Waals surface area contributed by atoms with E-state index in [1.54, 1.807) is 42.1 Å². The minimum atomic E-state index is -0.940. The van der Waals surface area contributed by atoms with Crippen molar-refractivity contribution in [2.45, 2.75) is 32.8 Å².